The fourth-order valence-electron chi connectivity index (χ4n) is 1.23. The van der Waals surface area contributed by atoms with Crippen molar-refractivity contribution in [3.05, 3.63) is 37.8 Å². The lowest BCUT2D eigenvalue weighted by atomic mass is 10.1. The number of carbonyl (C=O) groups is 1. The molecular formula is C9H7Br2NO4. The second-order valence-electron chi connectivity index (χ2n) is 2.84. The zero-order chi connectivity index (χ0) is 12.3. The highest BCUT2D eigenvalue weighted by Gasteiger charge is 2.25. The molecule has 0 fully saturated rings. The largest absolute Gasteiger partial charge is 0.465 e. The molecule has 7 heteroatoms. The van der Waals surface area contributed by atoms with Crippen molar-refractivity contribution in [2.45, 2.75) is 5.33 Å². The van der Waals surface area contributed by atoms with Crippen LogP contribution in [0.1, 0.15) is 15.9 Å². The zero-order valence-electron chi connectivity index (χ0n) is 8.20. The molecular weight excluding hydrogens is 346 g/mol. The molecule has 5 nitrogen and oxygen atoms in total. The van der Waals surface area contributed by atoms with Crippen molar-refractivity contribution < 1.29 is 14.5 Å². The number of nitro groups is 1. The fraction of sp³-hybridized carbons (Fsp3) is 0.222. The van der Waals surface area contributed by atoms with E-state index in [2.05, 4.69) is 36.6 Å². The molecule has 16 heavy (non-hydrogen) atoms. The number of rotatable bonds is 3. The zero-order valence-corrected chi connectivity index (χ0v) is 11.4. The summed E-state index contributed by atoms with van der Waals surface area (Å²) in [6.07, 6.45) is 0. The summed E-state index contributed by atoms with van der Waals surface area (Å²) in [4.78, 5) is 21.7. The summed E-state index contributed by atoms with van der Waals surface area (Å²) >= 11 is 6.32. The highest BCUT2D eigenvalue weighted by Crippen LogP contribution is 2.29. The number of halogens is 2. The summed E-state index contributed by atoms with van der Waals surface area (Å²) in [6.45, 7) is 0. The summed E-state index contributed by atoms with van der Waals surface area (Å²) in [5.41, 5.74) is 0.219. The summed E-state index contributed by atoms with van der Waals surface area (Å²) in [5.74, 6) is -0.714. The topological polar surface area (TPSA) is 69.4 Å². The van der Waals surface area contributed by atoms with E-state index in [4.69, 9.17) is 0 Å². The number of hydrogen-bond acceptors (Lipinski definition) is 4. The normalized spacial score (nSPS) is 9.94. The van der Waals surface area contributed by atoms with Gasteiger partial charge in [-0.1, -0.05) is 31.9 Å². The first kappa shape index (κ1) is 13.1. The van der Waals surface area contributed by atoms with Crippen molar-refractivity contribution in [3.63, 3.8) is 0 Å². The van der Waals surface area contributed by atoms with Gasteiger partial charge in [0.2, 0.25) is 0 Å². The van der Waals surface area contributed by atoms with Crippen molar-refractivity contribution in [1.82, 2.24) is 0 Å². The first-order valence-electron chi connectivity index (χ1n) is 4.12. The Morgan fingerprint density at radius 3 is 2.62 bits per heavy atom. The Kier molecular flexibility index (Phi) is 4.43. The van der Waals surface area contributed by atoms with Crippen LogP contribution in [-0.2, 0) is 10.1 Å². The van der Waals surface area contributed by atoms with Gasteiger partial charge in [-0.25, -0.2) is 4.79 Å². The van der Waals surface area contributed by atoms with Gasteiger partial charge >= 0.3 is 5.97 Å². The van der Waals surface area contributed by atoms with Crippen LogP contribution in [0.15, 0.2) is 16.6 Å². The maximum Gasteiger partial charge on any atom is 0.345 e. The SMILES string of the molecule is COC(=O)c1c(CBr)cc(Br)cc1[N+](=O)[O-]. The smallest absolute Gasteiger partial charge is 0.345 e. The van der Waals surface area contributed by atoms with E-state index in [1.54, 1.807) is 6.07 Å². The molecule has 86 valence electrons. The van der Waals surface area contributed by atoms with Crippen LogP contribution in [0.2, 0.25) is 0 Å². The standard InChI is InChI=1S/C9H7Br2NO4/c1-16-9(13)8-5(4-10)2-6(11)3-7(8)12(14)15/h2-3H,4H2,1H3. The van der Waals surface area contributed by atoms with Crippen LogP contribution in [-0.4, -0.2) is 18.0 Å². The predicted octanol–water partition coefficient (Wildman–Crippen LogP) is 3.04. The van der Waals surface area contributed by atoms with Crippen LogP contribution in [0.3, 0.4) is 0 Å². The molecule has 0 spiro atoms. The van der Waals surface area contributed by atoms with Crippen molar-refractivity contribution in [3.8, 4) is 0 Å². The van der Waals surface area contributed by atoms with Gasteiger partial charge < -0.3 is 4.74 Å². The first-order valence-corrected chi connectivity index (χ1v) is 6.03. The van der Waals surface area contributed by atoms with Gasteiger partial charge in [0, 0.05) is 15.9 Å². The van der Waals surface area contributed by atoms with E-state index in [1.165, 1.54) is 13.2 Å². The lowest BCUT2D eigenvalue weighted by Gasteiger charge is -2.06. The van der Waals surface area contributed by atoms with E-state index in [1.807, 2.05) is 0 Å². The predicted molar refractivity (Wildman–Crippen MR) is 64.8 cm³/mol. The van der Waals surface area contributed by atoms with Crippen LogP contribution in [0.4, 0.5) is 5.69 Å². The molecule has 1 aromatic carbocycles. The van der Waals surface area contributed by atoms with Crippen molar-refractivity contribution in [2.75, 3.05) is 7.11 Å². The molecule has 0 atom stereocenters. The Bertz CT molecular complexity index is 447. The van der Waals surface area contributed by atoms with Crippen molar-refractivity contribution >= 4 is 43.5 Å². The third-order valence-electron chi connectivity index (χ3n) is 1.89. The molecule has 1 aromatic rings. The van der Waals surface area contributed by atoms with Crippen LogP contribution >= 0.6 is 31.9 Å². The minimum absolute atomic E-state index is 0.0208. The number of benzene rings is 1. The van der Waals surface area contributed by atoms with Gasteiger partial charge in [0.05, 0.1) is 12.0 Å². The van der Waals surface area contributed by atoms with E-state index in [-0.39, 0.29) is 11.3 Å². The third kappa shape index (κ3) is 2.59. The van der Waals surface area contributed by atoms with Gasteiger partial charge in [-0.2, -0.15) is 0 Å². The maximum atomic E-state index is 11.5. The summed E-state index contributed by atoms with van der Waals surface area (Å²) < 4.78 is 5.07. The van der Waals surface area contributed by atoms with E-state index in [0.717, 1.165) is 0 Å². The first-order chi connectivity index (χ1) is 7.51. The molecule has 0 bridgehead atoms. The number of carbonyl (C=O) groups excluding carboxylic acids is 1. The monoisotopic (exact) mass is 351 g/mol. The van der Waals surface area contributed by atoms with E-state index >= 15 is 0 Å². The Balaban J connectivity index is 3.51. The van der Waals surface area contributed by atoms with Crippen LogP contribution < -0.4 is 0 Å². The van der Waals surface area contributed by atoms with Gasteiger partial charge in [0.1, 0.15) is 5.56 Å². The van der Waals surface area contributed by atoms with Gasteiger partial charge in [0.15, 0.2) is 0 Å². The molecule has 0 heterocycles. The Labute approximate surface area is 108 Å². The maximum absolute atomic E-state index is 11.5. The number of nitrogens with zero attached hydrogens (tertiary/aromatic N) is 1. The van der Waals surface area contributed by atoms with Crippen LogP contribution in [0.5, 0.6) is 0 Å². The average Bonchev–Trinajstić information content (AvgIpc) is 2.26. The van der Waals surface area contributed by atoms with Crippen molar-refractivity contribution in [2.24, 2.45) is 0 Å². The number of hydrogen-bond donors (Lipinski definition) is 0. The number of alkyl halides is 1. The Morgan fingerprint density at radius 1 is 1.56 bits per heavy atom. The summed E-state index contributed by atoms with van der Waals surface area (Å²) in [7, 11) is 1.19. The highest BCUT2D eigenvalue weighted by molar-refractivity contribution is 9.10. The molecule has 0 amide bonds. The molecule has 0 unspecified atom stereocenters. The average molecular weight is 353 g/mol. The lowest BCUT2D eigenvalue weighted by Crippen LogP contribution is -2.09. The Morgan fingerprint density at radius 2 is 2.19 bits per heavy atom. The molecule has 0 aliphatic rings. The molecule has 0 aliphatic heterocycles. The van der Waals surface area contributed by atoms with Gasteiger partial charge in [-0.05, 0) is 11.6 Å². The number of ether oxygens (including phenoxy) is 1. The minimum atomic E-state index is -0.714. The third-order valence-corrected chi connectivity index (χ3v) is 2.96. The Hall–Kier alpha value is -0.950. The number of esters is 1. The summed E-state index contributed by atoms with van der Waals surface area (Å²) in [6, 6.07) is 2.91. The quantitative estimate of drug-likeness (QED) is 0.363. The lowest BCUT2D eigenvalue weighted by molar-refractivity contribution is -0.385. The molecule has 0 saturated carbocycles. The second-order valence-corrected chi connectivity index (χ2v) is 4.32. The summed E-state index contributed by atoms with van der Waals surface area (Å²) in [5, 5.41) is 11.2. The highest BCUT2D eigenvalue weighted by atomic mass is 79.9. The molecule has 0 radical (unpaired) electrons. The fourth-order valence-corrected chi connectivity index (χ4v) is 2.17. The number of nitro benzene ring substituents is 1. The molecule has 0 saturated heterocycles. The van der Waals surface area contributed by atoms with E-state index < -0.39 is 10.9 Å². The minimum Gasteiger partial charge on any atom is -0.465 e. The van der Waals surface area contributed by atoms with Gasteiger partial charge in [-0.3, -0.25) is 10.1 Å². The second kappa shape index (κ2) is 5.40. The molecule has 1 rings (SSSR count). The van der Waals surface area contributed by atoms with Crippen LogP contribution in [0.25, 0.3) is 0 Å². The van der Waals surface area contributed by atoms with E-state index in [0.29, 0.717) is 15.4 Å². The molecule has 0 N–H and O–H groups in total. The number of methoxy groups -OCH3 is 1. The van der Waals surface area contributed by atoms with Gasteiger partial charge in [0.25, 0.3) is 5.69 Å². The van der Waals surface area contributed by atoms with Gasteiger partial charge in [-0.15, -0.1) is 0 Å². The van der Waals surface area contributed by atoms with Crippen LogP contribution in [0, 0.1) is 10.1 Å². The van der Waals surface area contributed by atoms with E-state index in [9.17, 15) is 14.9 Å². The molecule has 0 aliphatic carbocycles. The molecule has 0 aromatic heterocycles. The van der Waals surface area contributed by atoms with Crippen molar-refractivity contribution in [1.29, 1.82) is 0 Å².